The molecule has 0 bridgehead atoms. The number of rotatable bonds is 2. The summed E-state index contributed by atoms with van der Waals surface area (Å²) >= 11 is 5.58. The molecule has 1 aromatic rings. The van der Waals surface area contributed by atoms with Crippen LogP contribution in [0.25, 0.3) is 0 Å². The number of hydrogen-bond acceptors (Lipinski definition) is 1. The van der Waals surface area contributed by atoms with Crippen LogP contribution in [-0.2, 0) is 12.3 Å². The second kappa shape index (κ2) is 3.11. The first-order chi connectivity index (χ1) is 4.77. The second-order valence-corrected chi connectivity index (χ2v) is 2.55. The zero-order valence-electron chi connectivity index (χ0n) is 6.28. The van der Waals surface area contributed by atoms with Crippen LogP contribution in [0.2, 0.25) is 0 Å². The summed E-state index contributed by atoms with van der Waals surface area (Å²) < 4.78 is 5.32. The average molecular weight is 159 g/mol. The largest absolute Gasteiger partial charge is 0.465 e. The summed E-state index contributed by atoms with van der Waals surface area (Å²) in [5.74, 6) is 2.34. The van der Waals surface area contributed by atoms with Gasteiger partial charge in [-0.3, -0.25) is 0 Å². The second-order valence-electron chi connectivity index (χ2n) is 2.28. The third kappa shape index (κ3) is 1.35. The highest BCUT2D eigenvalue weighted by molar-refractivity contribution is 6.16. The predicted molar refractivity (Wildman–Crippen MR) is 42.4 cm³/mol. The Kier molecular flexibility index (Phi) is 2.39. The molecule has 56 valence electrons. The molecule has 0 aliphatic rings. The summed E-state index contributed by atoms with van der Waals surface area (Å²) in [7, 11) is 0. The Labute approximate surface area is 66.0 Å². The zero-order chi connectivity index (χ0) is 7.56. The number of hydrogen-bond donors (Lipinski definition) is 0. The van der Waals surface area contributed by atoms with E-state index in [1.807, 2.05) is 13.0 Å². The molecule has 0 unspecified atom stereocenters. The van der Waals surface area contributed by atoms with E-state index in [9.17, 15) is 0 Å². The predicted octanol–water partition coefficient (Wildman–Crippen LogP) is 2.89. The normalized spacial score (nSPS) is 10.3. The lowest BCUT2D eigenvalue weighted by atomic mass is 10.2. The maximum atomic E-state index is 5.58. The first-order valence-corrected chi connectivity index (χ1v) is 3.95. The molecule has 0 N–H and O–H groups in total. The molecule has 1 aromatic heterocycles. The molecule has 0 saturated carbocycles. The first kappa shape index (κ1) is 7.67. The Bertz CT molecular complexity index is 215. The SMILES string of the molecule is CCc1cc(CCl)oc1C. The molecular weight excluding hydrogens is 148 g/mol. The van der Waals surface area contributed by atoms with Crippen LogP contribution in [0, 0.1) is 6.92 Å². The summed E-state index contributed by atoms with van der Waals surface area (Å²) in [6.45, 7) is 4.07. The maximum Gasteiger partial charge on any atom is 0.119 e. The molecule has 0 radical (unpaired) electrons. The molecule has 0 fully saturated rings. The van der Waals surface area contributed by atoms with E-state index in [1.165, 1.54) is 5.56 Å². The molecule has 10 heavy (non-hydrogen) atoms. The van der Waals surface area contributed by atoms with Crippen molar-refractivity contribution in [1.82, 2.24) is 0 Å². The van der Waals surface area contributed by atoms with Gasteiger partial charge in [-0.25, -0.2) is 0 Å². The Morgan fingerprint density at radius 1 is 1.60 bits per heavy atom. The van der Waals surface area contributed by atoms with Crippen molar-refractivity contribution in [3.8, 4) is 0 Å². The van der Waals surface area contributed by atoms with Gasteiger partial charge in [-0.05, 0) is 25.0 Å². The Morgan fingerprint density at radius 2 is 2.30 bits per heavy atom. The molecule has 1 nitrogen and oxygen atoms in total. The molecule has 2 heteroatoms. The van der Waals surface area contributed by atoms with Gasteiger partial charge >= 0.3 is 0 Å². The van der Waals surface area contributed by atoms with Gasteiger partial charge in [0.15, 0.2) is 0 Å². The summed E-state index contributed by atoms with van der Waals surface area (Å²) in [6.07, 6.45) is 1.02. The summed E-state index contributed by atoms with van der Waals surface area (Å²) in [6, 6.07) is 2.02. The van der Waals surface area contributed by atoms with Crippen molar-refractivity contribution in [2.75, 3.05) is 0 Å². The molecule has 1 heterocycles. The van der Waals surface area contributed by atoms with Gasteiger partial charge in [-0.15, -0.1) is 11.6 Å². The van der Waals surface area contributed by atoms with Crippen LogP contribution in [0.3, 0.4) is 0 Å². The fourth-order valence-electron chi connectivity index (χ4n) is 1.00. The van der Waals surface area contributed by atoms with E-state index < -0.39 is 0 Å². The van der Waals surface area contributed by atoms with Crippen LogP contribution in [0.15, 0.2) is 10.5 Å². The van der Waals surface area contributed by atoms with Crippen LogP contribution in [0.1, 0.15) is 24.0 Å². The third-order valence-electron chi connectivity index (χ3n) is 1.58. The van der Waals surface area contributed by atoms with Crippen LogP contribution < -0.4 is 0 Å². The molecule has 0 saturated heterocycles. The van der Waals surface area contributed by atoms with Gasteiger partial charge in [0.25, 0.3) is 0 Å². The molecule has 0 amide bonds. The van der Waals surface area contributed by atoms with E-state index in [-0.39, 0.29) is 0 Å². The van der Waals surface area contributed by atoms with Crippen LogP contribution in [0.4, 0.5) is 0 Å². The fourth-order valence-corrected chi connectivity index (χ4v) is 1.14. The first-order valence-electron chi connectivity index (χ1n) is 3.42. The van der Waals surface area contributed by atoms with Crippen molar-refractivity contribution < 1.29 is 4.42 Å². The van der Waals surface area contributed by atoms with Gasteiger partial charge in [0.2, 0.25) is 0 Å². The number of furan rings is 1. The van der Waals surface area contributed by atoms with Gasteiger partial charge in [0, 0.05) is 0 Å². The zero-order valence-corrected chi connectivity index (χ0v) is 7.03. The van der Waals surface area contributed by atoms with Gasteiger partial charge in [0.05, 0.1) is 5.88 Å². The van der Waals surface area contributed by atoms with Crippen molar-refractivity contribution in [2.45, 2.75) is 26.1 Å². The number of halogens is 1. The minimum Gasteiger partial charge on any atom is -0.465 e. The lowest BCUT2D eigenvalue weighted by Gasteiger charge is -1.86. The Balaban J connectivity index is 2.92. The molecular formula is C8H11ClO. The van der Waals surface area contributed by atoms with Gasteiger partial charge in [-0.1, -0.05) is 6.92 Å². The van der Waals surface area contributed by atoms with Crippen molar-refractivity contribution >= 4 is 11.6 Å². The van der Waals surface area contributed by atoms with Crippen molar-refractivity contribution in [1.29, 1.82) is 0 Å². The third-order valence-corrected chi connectivity index (χ3v) is 1.85. The van der Waals surface area contributed by atoms with Crippen molar-refractivity contribution in [3.63, 3.8) is 0 Å². The lowest BCUT2D eigenvalue weighted by molar-refractivity contribution is 0.497. The number of alkyl halides is 1. The van der Waals surface area contributed by atoms with E-state index in [0.717, 1.165) is 17.9 Å². The van der Waals surface area contributed by atoms with Crippen LogP contribution >= 0.6 is 11.6 Å². The highest BCUT2D eigenvalue weighted by Gasteiger charge is 2.02. The molecule has 0 aliphatic heterocycles. The smallest absolute Gasteiger partial charge is 0.119 e. The summed E-state index contributed by atoms with van der Waals surface area (Å²) in [4.78, 5) is 0. The number of aryl methyl sites for hydroxylation is 2. The quantitative estimate of drug-likeness (QED) is 0.604. The molecule has 0 spiro atoms. The van der Waals surface area contributed by atoms with E-state index >= 15 is 0 Å². The molecule has 0 atom stereocenters. The van der Waals surface area contributed by atoms with Crippen LogP contribution in [-0.4, -0.2) is 0 Å². The summed E-state index contributed by atoms with van der Waals surface area (Å²) in [5.41, 5.74) is 1.26. The van der Waals surface area contributed by atoms with Gasteiger partial charge in [-0.2, -0.15) is 0 Å². The van der Waals surface area contributed by atoms with Crippen LogP contribution in [0.5, 0.6) is 0 Å². The maximum absolute atomic E-state index is 5.58. The monoisotopic (exact) mass is 158 g/mol. The molecule has 0 aliphatic carbocycles. The topological polar surface area (TPSA) is 13.1 Å². The van der Waals surface area contributed by atoms with Gasteiger partial charge in [0.1, 0.15) is 11.5 Å². The Hall–Kier alpha value is -0.430. The van der Waals surface area contributed by atoms with E-state index in [1.54, 1.807) is 0 Å². The minimum absolute atomic E-state index is 0.473. The standard InChI is InChI=1S/C8H11ClO/c1-3-7-4-8(5-9)10-6(7)2/h4H,3,5H2,1-2H3. The lowest BCUT2D eigenvalue weighted by Crippen LogP contribution is -1.75. The van der Waals surface area contributed by atoms with E-state index in [2.05, 4.69) is 6.92 Å². The summed E-state index contributed by atoms with van der Waals surface area (Å²) in [5, 5.41) is 0. The average Bonchev–Trinajstić information content (AvgIpc) is 2.30. The fraction of sp³-hybridized carbons (Fsp3) is 0.500. The molecule has 0 aromatic carbocycles. The highest BCUT2D eigenvalue weighted by atomic mass is 35.5. The minimum atomic E-state index is 0.473. The van der Waals surface area contributed by atoms with Gasteiger partial charge < -0.3 is 4.42 Å². The Morgan fingerprint density at radius 3 is 2.60 bits per heavy atom. The molecule has 1 rings (SSSR count). The highest BCUT2D eigenvalue weighted by Crippen LogP contribution is 2.16. The van der Waals surface area contributed by atoms with Crippen molar-refractivity contribution in [3.05, 3.63) is 23.2 Å². The van der Waals surface area contributed by atoms with Crippen molar-refractivity contribution in [2.24, 2.45) is 0 Å². The van der Waals surface area contributed by atoms with E-state index in [0.29, 0.717) is 5.88 Å². The van der Waals surface area contributed by atoms with E-state index in [4.69, 9.17) is 16.0 Å².